The predicted molar refractivity (Wildman–Crippen MR) is 68.7 cm³/mol. The van der Waals surface area contributed by atoms with Crippen molar-refractivity contribution < 1.29 is 4.79 Å². The zero-order chi connectivity index (χ0) is 12.3. The highest BCUT2D eigenvalue weighted by atomic mass is 16.2. The van der Waals surface area contributed by atoms with Crippen molar-refractivity contribution in [2.75, 3.05) is 26.7 Å². The Balaban J connectivity index is 1.98. The predicted octanol–water partition coefficient (Wildman–Crippen LogP) is 0.811. The number of rotatable bonds is 2. The summed E-state index contributed by atoms with van der Waals surface area (Å²) in [4.78, 5) is 16.1. The van der Waals surface area contributed by atoms with E-state index in [1.807, 2.05) is 11.9 Å². The fourth-order valence-electron chi connectivity index (χ4n) is 3.08. The van der Waals surface area contributed by atoms with Gasteiger partial charge in [0.05, 0.1) is 12.6 Å². The quantitative estimate of drug-likeness (QED) is 0.726. The molecule has 0 radical (unpaired) electrons. The van der Waals surface area contributed by atoms with Crippen LogP contribution in [0.4, 0.5) is 0 Å². The van der Waals surface area contributed by atoms with Crippen LogP contribution in [0.5, 0.6) is 0 Å². The molecule has 1 aliphatic heterocycles. The van der Waals surface area contributed by atoms with Crippen LogP contribution in [0, 0.1) is 0 Å². The second kappa shape index (κ2) is 5.83. The zero-order valence-corrected chi connectivity index (χ0v) is 10.9. The average molecular weight is 239 g/mol. The largest absolute Gasteiger partial charge is 0.339 e. The van der Waals surface area contributed by atoms with Crippen LogP contribution in [0.25, 0.3) is 0 Å². The van der Waals surface area contributed by atoms with E-state index in [1.54, 1.807) is 0 Å². The third-order valence-corrected chi connectivity index (χ3v) is 4.34. The molecule has 4 heteroatoms. The van der Waals surface area contributed by atoms with Gasteiger partial charge in [0.2, 0.25) is 5.91 Å². The number of carbonyl (C=O) groups excluding carboxylic acids is 1. The fourth-order valence-corrected chi connectivity index (χ4v) is 3.08. The van der Waals surface area contributed by atoms with Gasteiger partial charge in [-0.3, -0.25) is 9.69 Å². The normalized spacial score (nSPS) is 29.4. The average Bonchev–Trinajstić information content (AvgIpc) is 2.61. The van der Waals surface area contributed by atoms with Gasteiger partial charge in [-0.1, -0.05) is 25.7 Å². The molecule has 0 aromatic carbocycles. The van der Waals surface area contributed by atoms with Gasteiger partial charge in [-0.05, 0) is 12.8 Å². The van der Waals surface area contributed by atoms with E-state index in [1.165, 1.54) is 38.5 Å². The fraction of sp³-hybridized carbons (Fsp3) is 0.923. The standard InChI is InChI=1S/C13H25N3O/c1-15-12(8-14)9-16(10-13(15)17)11-6-4-2-3-5-7-11/h11-12H,2-10,14H2,1H3. The highest BCUT2D eigenvalue weighted by Gasteiger charge is 2.32. The molecule has 98 valence electrons. The van der Waals surface area contributed by atoms with Crippen LogP contribution < -0.4 is 5.73 Å². The third-order valence-electron chi connectivity index (χ3n) is 4.34. The van der Waals surface area contributed by atoms with Crippen molar-refractivity contribution in [3.63, 3.8) is 0 Å². The maximum Gasteiger partial charge on any atom is 0.236 e. The number of amides is 1. The van der Waals surface area contributed by atoms with Crippen LogP contribution in [-0.2, 0) is 4.79 Å². The SMILES string of the molecule is CN1C(=O)CN(C2CCCCCC2)CC1CN. The van der Waals surface area contributed by atoms with Crippen molar-refractivity contribution in [3.8, 4) is 0 Å². The maximum absolute atomic E-state index is 11.9. The summed E-state index contributed by atoms with van der Waals surface area (Å²) >= 11 is 0. The molecule has 2 N–H and O–H groups in total. The number of hydrogen-bond donors (Lipinski definition) is 1. The summed E-state index contributed by atoms with van der Waals surface area (Å²) in [5.74, 6) is 0.232. The zero-order valence-electron chi connectivity index (χ0n) is 10.9. The van der Waals surface area contributed by atoms with Gasteiger partial charge >= 0.3 is 0 Å². The molecule has 0 aromatic rings. The van der Waals surface area contributed by atoms with Gasteiger partial charge in [-0.2, -0.15) is 0 Å². The molecule has 4 nitrogen and oxygen atoms in total. The summed E-state index contributed by atoms with van der Waals surface area (Å²) < 4.78 is 0. The monoisotopic (exact) mass is 239 g/mol. The van der Waals surface area contributed by atoms with E-state index in [4.69, 9.17) is 5.73 Å². The summed E-state index contributed by atoms with van der Waals surface area (Å²) in [5.41, 5.74) is 5.76. The van der Waals surface area contributed by atoms with Crippen LogP contribution in [0.15, 0.2) is 0 Å². The molecule has 0 spiro atoms. The van der Waals surface area contributed by atoms with Gasteiger partial charge in [-0.25, -0.2) is 0 Å². The van der Waals surface area contributed by atoms with Gasteiger partial charge < -0.3 is 10.6 Å². The van der Waals surface area contributed by atoms with Crippen LogP contribution in [0.1, 0.15) is 38.5 Å². The minimum atomic E-state index is 0.208. The Labute approximate surface area is 104 Å². The van der Waals surface area contributed by atoms with Crippen molar-refractivity contribution in [2.24, 2.45) is 5.73 Å². The van der Waals surface area contributed by atoms with Crippen LogP contribution in [-0.4, -0.2) is 54.5 Å². The Bertz CT molecular complexity index is 261. The van der Waals surface area contributed by atoms with Gasteiger partial charge in [0.15, 0.2) is 0 Å². The molecule has 2 aliphatic rings. The summed E-state index contributed by atoms with van der Waals surface area (Å²) in [6, 6.07) is 0.823. The first kappa shape index (κ1) is 12.8. The molecule has 1 aliphatic carbocycles. The molecule has 0 bridgehead atoms. The van der Waals surface area contributed by atoms with Crippen molar-refractivity contribution >= 4 is 5.91 Å². The lowest BCUT2D eigenvalue weighted by molar-refractivity contribution is -0.139. The Kier molecular flexibility index (Phi) is 4.40. The number of piperazine rings is 1. The molecule has 2 fully saturated rings. The number of likely N-dealkylation sites (N-methyl/N-ethyl adjacent to an activating group) is 1. The Morgan fingerprint density at radius 3 is 2.47 bits per heavy atom. The van der Waals surface area contributed by atoms with Crippen LogP contribution in [0.3, 0.4) is 0 Å². The van der Waals surface area contributed by atoms with Gasteiger partial charge in [0.25, 0.3) is 0 Å². The Hall–Kier alpha value is -0.610. The first-order valence-corrected chi connectivity index (χ1v) is 6.92. The third kappa shape index (κ3) is 2.99. The van der Waals surface area contributed by atoms with E-state index in [2.05, 4.69) is 4.90 Å². The van der Waals surface area contributed by atoms with Crippen molar-refractivity contribution in [1.82, 2.24) is 9.80 Å². The molecule has 2 rings (SSSR count). The lowest BCUT2D eigenvalue weighted by atomic mass is 10.0. The van der Waals surface area contributed by atoms with E-state index >= 15 is 0 Å². The lowest BCUT2D eigenvalue weighted by Gasteiger charge is -2.42. The van der Waals surface area contributed by atoms with Crippen molar-refractivity contribution in [3.05, 3.63) is 0 Å². The van der Waals surface area contributed by atoms with Gasteiger partial charge in [-0.15, -0.1) is 0 Å². The molecule has 17 heavy (non-hydrogen) atoms. The molecular formula is C13H25N3O. The highest BCUT2D eigenvalue weighted by molar-refractivity contribution is 5.79. The van der Waals surface area contributed by atoms with Gasteiger partial charge in [0, 0.05) is 26.2 Å². The molecule has 1 heterocycles. The minimum Gasteiger partial charge on any atom is -0.339 e. The smallest absolute Gasteiger partial charge is 0.236 e. The van der Waals surface area contributed by atoms with E-state index < -0.39 is 0 Å². The number of nitrogens with two attached hydrogens (primary N) is 1. The van der Waals surface area contributed by atoms with Gasteiger partial charge in [0.1, 0.15) is 0 Å². The summed E-state index contributed by atoms with van der Waals surface area (Å²) in [7, 11) is 1.88. The molecule has 1 saturated carbocycles. The van der Waals surface area contributed by atoms with Crippen molar-refractivity contribution in [2.45, 2.75) is 50.6 Å². The second-order valence-corrected chi connectivity index (χ2v) is 5.47. The molecule has 1 saturated heterocycles. The topological polar surface area (TPSA) is 49.6 Å². The molecule has 1 unspecified atom stereocenters. The van der Waals surface area contributed by atoms with Crippen molar-refractivity contribution in [1.29, 1.82) is 0 Å². The molecular weight excluding hydrogens is 214 g/mol. The number of nitrogens with zero attached hydrogens (tertiary/aromatic N) is 2. The maximum atomic E-state index is 11.9. The first-order chi connectivity index (χ1) is 8.22. The molecule has 1 atom stereocenters. The van der Waals surface area contributed by atoms with E-state index in [0.29, 0.717) is 19.1 Å². The van der Waals surface area contributed by atoms with Crippen LogP contribution >= 0.6 is 0 Å². The number of hydrogen-bond acceptors (Lipinski definition) is 3. The van der Waals surface area contributed by atoms with E-state index in [0.717, 1.165) is 6.54 Å². The first-order valence-electron chi connectivity index (χ1n) is 6.92. The van der Waals surface area contributed by atoms with Crippen LogP contribution in [0.2, 0.25) is 0 Å². The lowest BCUT2D eigenvalue weighted by Crippen LogP contribution is -2.59. The molecule has 1 amide bonds. The van der Waals surface area contributed by atoms with E-state index in [9.17, 15) is 4.79 Å². The summed E-state index contributed by atoms with van der Waals surface area (Å²) in [5, 5.41) is 0. The minimum absolute atomic E-state index is 0.208. The molecule has 0 aromatic heterocycles. The summed E-state index contributed by atoms with van der Waals surface area (Å²) in [6.45, 7) is 2.13. The number of carbonyl (C=O) groups is 1. The Morgan fingerprint density at radius 1 is 1.24 bits per heavy atom. The Morgan fingerprint density at radius 2 is 1.88 bits per heavy atom. The second-order valence-electron chi connectivity index (χ2n) is 5.47. The summed E-state index contributed by atoms with van der Waals surface area (Å²) in [6.07, 6.45) is 7.87. The highest BCUT2D eigenvalue weighted by Crippen LogP contribution is 2.24. The van der Waals surface area contributed by atoms with E-state index in [-0.39, 0.29) is 11.9 Å².